The Morgan fingerprint density at radius 2 is 1.94 bits per heavy atom. The number of hydrogen-bond donors (Lipinski definition) is 4. The number of nitrogens with one attached hydrogen (secondary N) is 2. The van der Waals surface area contributed by atoms with Gasteiger partial charge in [-0.2, -0.15) is 0 Å². The lowest BCUT2D eigenvalue weighted by molar-refractivity contribution is -0.233. The third-order valence-electron chi connectivity index (χ3n) is 5.54. The van der Waals surface area contributed by atoms with Crippen LogP contribution >= 0.6 is 15.4 Å². The molecule has 4 rings (SSSR count). The highest BCUT2D eigenvalue weighted by Crippen LogP contribution is 2.53. The van der Waals surface area contributed by atoms with Crippen molar-refractivity contribution in [3.63, 3.8) is 0 Å². The average Bonchev–Trinajstić information content (AvgIpc) is 3.47. The second-order valence-electron chi connectivity index (χ2n) is 8.27. The van der Waals surface area contributed by atoms with Gasteiger partial charge in [0.05, 0.1) is 12.9 Å². The average molecular weight is 534 g/mol. The topological polar surface area (TPSA) is 233 Å². The minimum Gasteiger partial charge on any atom is -0.778 e. The van der Waals surface area contributed by atoms with Crippen LogP contribution in [0.4, 0.5) is 10.6 Å². The lowest BCUT2D eigenvalue weighted by Gasteiger charge is -2.29. The summed E-state index contributed by atoms with van der Waals surface area (Å²) in [5.74, 6) is 0.114. The fourth-order valence-electron chi connectivity index (χ4n) is 4.00. The molecule has 2 fully saturated rings. The molecule has 6 atom stereocenters. The number of nitrogens with zero attached hydrogens (tertiary/aromatic N) is 4. The van der Waals surface area contributed by atoms with E-state index in [2.05, 4.69) is 34.4 Å². The molecular weight excluding hydrogens is 510 g/mol. The van der Waals surface area contributed by atoms with Gasteiger partial charge in [0.25, 0.3) is 7.82 Å². The Kier molecular flexibility index (Phi) is 7.57. The fourth-order valence-corrected chi connectivity index (χ4v) is 5.97. The molecule has 35 heavy (non-hydrogen) atoms. The summed E-state index contributed by atoms with van der Waals surface area (Å²) in [6, 6.07) is -0.365. The molecule has 194 valence electrons. The zero-order valence-corrected chi connectivity index (χ0v) is 20.2. The third-order valence-corrected chi connectivity index (χ3v) is 7.99. The van der Waals surface area contributed by atoms with Gasteiger partial charge in [-0.3, -0.25) is 18.8 Å². The molecule has 3 unspecified atom stereocenters. The molecule has 4 N–H and O–H groups in total. The number of aliphatic hydroxyl groups is 2. The van der Waals surface area contributed by atoms with Crippen LogP contribution in [0.3, 0.4) is 0 Å². The molecule has 0 aromatic carbocycles. The first kappa shape index (κ1) is 26.1. The number of rotatable bonds is 8. The Balaban J connectivity index is 1.46. The highest BCUT2D eigenvalue weighted by molar-refractivity contribution is 7.62. The van der Waals surface area contributed by atoms with Gasteiger partial charge in [-0.15, -0.1) is 0 Å². The lowest BCUT2D eigenvalue weighted by Crippen LogP contribution is -2.36. The van der Waals surface area contributed by atoms with Crippen LogP contribution < -0.4 is 20.4 Å². The molecule has 2 aromatic heterocycles. The fraction of sp³-hybridized carbons (Fsp3) is 0.647. The predicted molar refractivity (Wildman–Crippen MR) is 114 cm³/mol. The van der Waals surface area contributed by atoms with Crippen molar-refractivity contribution in [3.8, 4) is 0 Å². The Morgan fingerprint density at radius 3 is 2.63 bits per heavy atom. The highest BCUT2D eigenvalue weighted by Gasteiger charge is 2.45. The van der Waals surface area contributed by atoms with Gasteiger partial charge in [-0.25, -0.2) is 19.7 Å². The molecule has 1 aliphatic heterocycles. The monoisotopic (exact) mass is 534 g/mol. The van der Waals surface area contributed by atoms with E-state index in [1.54, 1.807) is 0 Å². The molecule has 3 heterocycles. The van der Waals surface area contributed by atoms with Crippen molar-refractivity contribution in [2.45, 2.75) is 56.3 Å². The van der Waals surface area contributed by atoms with Crippen molar-refractivity contribution in [1.29, 1.82) is 0 Å². The molecule has 1 aliphatic carbocycles. The summed E-state index contributed by atoms with van der Waals surface area (Å²) < 4.78 is 37.9. The molecule has 0 radical (unpaired) electrons. The van der Waals surface area contributed by atoms with E-state index in [4.69, 9.17) is 4.74 Å². The summed E-state index contributed by atoms with van der Waals surface area (Å²) in [4.78, 5) is 47.3. The van der Waals surface area contributed by atoms with Crippen molar-refractivity contribution < 1.29 is 47.5 Å². The van der Waals surface area contributed by atoms with Crippen LogP contribution in [0.15, 0.2) is 12.7 Å². The second kappa shape index (κ2) is 10.2. The summed E-state index contributed by atoms with van der Waals surface area (Å²) >= 11 is 0. The van der Waals surface area contributed by atoms with Crippen LogP contribution in [-0.4, -0.2) is 73.4 Å². The van der Waals surface area contributed by atoms with Crippen LogP contribution in [0.1, 0.15) is 31.9 Å². The molecule has 2 aromatic rings. The van der Waals surface area contributed by atoms with Crippen molar-refractivity contribution in [3.05, 3.63) is 12.7 Å². The number of anilines is 1. The number of phosphoric acid groups is 1. The molecule has 18 heteroatoms. The van der Waals surface area contributed by atoms with E-state index in [1.807, 2.05) is 0 Å². The zero-order valence-electron chi connectivity index (χ0n) is 18.4. The number of fused-ring (bicyclic) bond motifs is 1. The van der Waals surface area contributed by atoms with Crippen molar-refractivity contribution in [2.75, 3.05) is 18.6 Å². The van der Waals surface area contributed by atoms with E-state index in [0.717, 1.165) is 25.7 Å². The van der Waals surface area contributed by atoms with Gasteiger partial charge < -0.3 is 39.1 Å². The summed E-state index contributed by atoms with van der Waals surface area (Å²) in [6.07, 6.45) is 0.522. The number of aliphatic hydroxyl groups excluding tert-OH is 2. The summed E-state index contributed by atoms with van der Waals surface area (Å²) in [6.45, 7) is -0.277. The van der Waals surface area contributed by atoms with Crippen LogP contribution in [0.5, 0.6) is 0 Å². The van der Waals surface area contributed by atoms with Crippen molar-refractivity contribution >= 4 is 38.4 Å². The molecule has 0 spiro atoms. The number of amides is 2. The van der Waals surface area contributed by atoms with E-state index in [9.17, 15) is 33.9 Å². The Hall–Kier alpha value is -2.00. The zero-order chi connectivity index (χ0) is 25.4. The number of ether oxygens (including phenoxy) is 1. The maximum Gasteiger partial charge on any atom is 0.320 e. The second-order valence-corrected chi connectivity index (χ2v) is 11.6. The van der Waals surface area contributed by atoms with Gasteiger partial charge in [0.15, 0.2) is 23.2 Å². The van der Waals surface area contributed by atoms with Gasteiger partial charge in [0.1, 0.15) is 32.2 Å². The highest BCUT2D eigenvalue weighted by atomic mass is 31.3. The molecule has 2 amide bonds. The summed E-state index contributed by atoms with van der Waals surface area (Å²) in [5, 5.41) is 26.3. The number of carbonyl (C=O) groups excluding carboxylic acids is 1. The van der Waals surface area contributed by atoms with E-state index in [1.165, 1.54) is 17.2 Å². The molecule has 16 nitrogen and oxygen atoms in total. The first-order valence-corrected chi connectivity index (χ1v) is 14.1. The molecule has 1 saturated heterocycles. The molecular formula is C17H24N6O10P2-2. The predicted octanol–water partition coefficient (Wildman–Crippen LogP) is -0.806. The summed E-state index contributed by atoms with van der Waals surface area (Å²) in [7, 11) is -9.89. The Labute approximate surface area is 198 Å². The maximum absolute atomic E-state index is 12.3. The number of aromatic nitrogens is 4. The number of hydrogen-bond acceptors (Lipinski definition) is 13. The first-order chi connectivity index (χ1) is 16.4. The number of imidazole rings is 1. The number of urea groups is 1. The van der Waals surface area contributed by atoms with Crippen LogP contribution in [-0.2, 0) is 22.7 Å². The lowest BCUT2D eigenvalue weighted by atomic mass is 10.1. The van der Waals surface area contributed by atoms with E-state index in [-0.39, 0.29) is 23.0 Å². The maximum atomic E-state index is 12.3. The van der Waals surface area contributed by atoms with Gasteiger partial charge in [0.2, 0.25) is 0 Å². The number of phosphoric ester groups is 1. The Morgan fingerprint density at radius 1 is 1.23 bits per heavy atom. The smallest absolute Gasteiger partial charge is 0.320 e. The number of carbonyl (C=O) groups is 1. The minimum atomic E-state index is -5.25. The molecule has 1 saturated carbocycles. The van der Waals surface area contributed by atoms with Gasteiger partial charge in [0, 0.05) is 12.7 Å². The normalized spacial score (nSPS) is 28.6. The quantitative estimate of drug-likeness (QED) is 0.304. The first-order valence-electron chi connectivity index (χ1n) is 10.7. The summed E-state index contributed by atoms with van der Waals surface area (Å²) in [5.41, 5.74) is 0.343. The van der Waals surface area contributed by atoms with E-state index < -0.39 is 52.6 Å². The van der Waals surface area contributed by atoms with E-state index >= 15 is 0 Å². The van der Waals surface area contributed by atoms with Crippen molar-refractivity contribution in [2.24, 2.45) is 0 Å². The largest absolute Gasteiger partial charge is 0.778 e. The SMILES string of the molecule is CP(=O)([O-])OP(=O)([O-])OC[C@H]1O[C@@H](n2cnc3c(NC(=O)NC4CCCC4)ncnc32)[C@@H](O)C1O. The van der Waals surface area contributed by atoms with Crippen LogP contribution in [0, 0.1) is 0 Å². The van der Waals surface area contributed by atoms with Crippen LogP contribution in [0.2, 0.25) is 0 Å². The van der Waals surface area contributed by atoms with Gasteiger partial charge in [-0.05, 0) is 12.8 Å². The van der Waals surface area contributed by atoms with Crippen LogP contribution in [0.25, 0.3) is 11.2 Å². The van der Waals surface area contributed by atoms with Gasteiger partial charge in [-0.1, -0.05) is 12.8 Å². The third kappa shape index (κ3) is 6.23. The van der Waals surface area contributed by atoms with Gasteiger partial charge >= 0.3 is 6.03 Å². The molecule has 2 aliphatic rings. The van der Waals surface area contributed by atoms with Crippen molar-refractivity contribution in [1.82, 2.24) is 24.8 Å². The minimum absolute atomic E-state index is 0.0836. The standard InChI is InChI=1S/C17H26N6O10P2/c1-34(27,28)33-35(29,30)31-6-10-12(24)13(25)16(32-10)23-8-20-11-14(18-7-19-15(11)23)22-17(26)21-9-4-2-3-5-9/h7-10,12-13,16,24-25H,2-6H2,1H3,(H,27,28)(H,29,30)(H2,18,19,21,22,26)/p-2/t10-,12?,13+,16-/m1/s1. The molecule has 0 bridgehead atoms. The van der Waals surface area contributed by atoms with E-state index in [0.29, 0.717) is 6.66 Å². The Bertz CT molecular complexity index is 1170.